The minimum absolute atomic E-state index is 0.577. The summed E-state index contributed by atoms with van der Waals surface area (Å²) in [6, 6.07) is 0. The van der Waals surface area contributed by atoms with E-state index in [1.807, 2.05) is 6.92 Å². The van der Waals surface area contributed by atoms with Crippen molar-refractivity contribution in [1.29, 1.82) is 0 Å². The molecule has 0 aliphatic rings. The van der Waals surface area contributed by atoms with Crippen LogP contribution in [0.25, 0.3) is 0 Å². The third-order valence-corrected chi connectivity index (χ3v) is 0.404. The number of rotatable bonds is 4. The third kappa shape index (κ3) is 5.94. The quantitative estimate of drug-likeness (QED) is 0.214. The predicted octanol–water partition coefficient (Wildman–Crippen LogP) is -0.176. The zero-order chi connectivity index (χ0) is 5.54. The Morgan fingerprint density at radius 1 is 1.57 bits per heavy atom. The van der Waals surface area contributed by atoms with Crippen LogP contribution in [0.5, 0.6) is 0 Å². The van der Waals surface area contributed by atoms with Crippen LogP contribution in [-0.4, -0.2) is 14.7 Å². The zero-order valence-electron chi connectivity index (χ0n) is 4.64. The van der Waals surface area contributed by atoms with Gasteiger partial charge in [-0.3, -0.25) is 4.81 Å². The summed E-state index contributed by atoms with van der Waals surface area (Å²) in [5, 5.41) is 4.07. The van der Waals surface area contributed by atoms with Crippen LogP contribution in [0, 0.1) is 0 Å². The van der Waals surface area contributed by atoms with Crippen molar-refractivity contribution in [3.05, 3.63) is 0 Å². The molecule has 0 saturated heterocycles. The van der Waals surface area contributed by atoms with Crippen LogP contribution in [0.1, 0.15) is 13.3 Å². The first-order valence-electron chi connectivity index (χ1n) is 2.24. The topological polar surface area (TPSA) is 27.7 Å². The second kappa shape index (κ2) is 5.94. The minimum Gasteiger partial charge on any atom is -0.285 e. The number of hydrogen-bond acceptors (Lipinski definition) is 3. The van der Waals surface area contributed by atoms with Gasteiger partial charge in [0.15, 0.2) is 0 Å². The van der Waals surface area contributed by atoms with Crippen molar-refractivity contribution in [2.75, 3.05) is 6.61 Å². The molecule has 7 heavy (non-hydrogen) atoms. The van der Waals surface area contributed by atoms with Crippen molar-refractivity contribution in [3.63, 3.8) is 0 Å². The minimum atomic E-state index is 0.577. The Kier molecular flexibility index (Phi) is 5.90. The summed E-state index contributed by atoms with van der Waals surface area (Å²) in [6.07, 6.45) is 0.934. The molecule has 0 N–H and O–H groups in total. The smallest absolute Gasteiger partial charge is 0.285 e. The Morgan fingerprint density at radius 3 is 2.71 bits per heavy atom. The highest BCUT2D eigenvalue weighted by Crippen LogP contribution is 1.79. The van der Waals surface area contributed by atoms with Gasteiger partial charge in [-0.1, -0.05) is 12.0 Å². The maximum atomic E-state index is 4.41. The predicted molar refractivity (Wildman–Crippen MR) is 27.0 cm³/mol. The van der Waals surface area contributed by atoms with E-state index >= 15 is 0 Å². The van der Waals surface area contributed by atoms with E-state index in [9.17, 15) is 0 Å². The standard InChI is InChI=1S/C3H9BO3/c1-2-3-5-7-6-4/h2-4H2,1H3. The molecule has 0 radical (unpaired) electrons. The van der Waals surface area contributed by atoms with Gasteiger partial charge < -0.3 is 0 Å². The van der Waals surface area contributed by atoms with Crippen molar-refractivity contribution in [2.45, 2.75) is 13.3 Å². The Bertz CT molecular complexity index is 29.4. The van der Waals surface area contributed by atoms with Crippen LogP contribution in [0.15, 0.2) is 0 Å². The molecule has 0 unspecified atom stereocenters. The monoisotopic (exact) mass is 104 g/mol. The van der Waals surface area contributed by atoms with Gasteiger partial charge in [0.05, 0.1) is 6.61 Å². The summed E-state index contributed by atoms with van der Waals surface area (Å²) in [7, 11) is 1.40. The molecule has 42 valence electrons. The van der Waals surface area contributed by atoms with Gasteiger partial charge >= 0.3 is 8.05 Å². The van der Waals surface area contributed by atoms with E-state index < -0.39 is 0 Å². The molecule has 0 spiro atoms. The molecule has 0 amide bonds. The lowest BCUT2D eigenvalue weighted by Gasteiger charge is -1.94. The first-order valence-corrected chi connectivity index (χ1v) is 2.24. The molecular formula is C3H9BO3. The molecule has 0 aromatic carbocycles. The Balaban J connectivity index is 2.45. The summed E-state index contributed by atoms with van der Waals surface area (Å²) in [5.74, 6) is 0. The van der Waals surface area contributed by atoms with Gasteiger partial charge in [-0.05, 0) is 6.42 Å². The van der Waals surface area contributed by atoms with E-state index in [1.54, 1.807) is 0 Å². The fourth-order valence-electron chi connectivity index (χ4n) is 0.165. The number of hydrogen-bond donors (Lipinski definition) is 0. The Hall–Kier alpha value is -0.0551. The highest BCUT2D eigenvalue weighted by atomic mass is 17.5. The van der Waals surface area contributed by atoms with Crippen LogP contribution < -0.4 is 0 Å². The molecule has 3 nitrogen and oxygen atoms in total. The van der Waals surface area contributed by atoms with E-state index in [2.05, 4.69) is 14.7 Å². The first-order chi connectivity index (χ1) is 3.41. The highest BCUT2D eigenvalue weighted by Gasteiger charge is 1.78. The third-order valence-electron chi connectivity index (χ3n) is 0.404. The summed E-state index contributed by atoms with van der Waals surface area (Å²) >= 11 is 0. The summed E-state index contributed by atoms with van der Waals surface area (Å²) in [4.78, 5) is 8.53. The van der Waals surface area contributed by atoms with Crippen LogP contribution in [-0.2, 0) is 14.7 Å². The van der Waals surface area contributed by atoms with Gasteiger partial charge in [-0.2, -0.15) is 0 Å². The molecule has 0 atom stereocenters. The van der Waals surface area contributed by atoms with E-state index in [4.69, 9.17) is 0 Å². The second-order valence-corrected chi connectivity index (χ2v) is 1.06. The average Bonchev–Trinajstić information content (AvgIpc) is 1.69. The Morgan fingerprint density at radius 2 is 2.29 bits per heavy atom. The largest absolute Gasteiger partial charge is 0.310 e. The first kappa shape index (κ1) is 6.94. The molecule has 0 aromatic heterocycles. The average molecular weight is 104 g/mol. The molecule has 0 aliphatic carbocycles. The molecule has 0 heterocycles. The maximum absolute atomic E-state index is 4.41. The van der Waals surface area contributed by atoms with Gasteiger partial charge in [0.1, 0.15) is 0 Å². The molecule has 0 rings (SSSR count). The van der Waals surface area contributed by atoms with Crippen molar-refractivity contribution in [1.82, 2.24) is 0 Å². The van der Waals surface area contributed by atoms with Crippen LogP contribution in [0.3, 0.4) is 0 Å². The fraction of sp³-hybridized carbons (Fsp3) is 1.00. The van der Waals surface area contributed by atoms with Crippen molar-refractivity contribution in [2.24, 2.45) is 0 Å². The molecule has 0 bridgehead atoms. The summed E-state index contributed by atoms with van der Waals surface area (Å²) in [5.41, 5.74) is 0. The SMILES string of the molecule is BOOOCCC. The normalized spacial score (nSPS) is 9.29. The van der Waals surface area contributed by atoms with Crippen LogP contribution >= 0.6 is 0 Å². The van der Waals surface area contributed by atoms with Gasteiger partial charge in [-0.15, -0.1) is 0 Å². The van der Waals surface area contributed by atoms with Crippen molar-refractivity contribution >= 4 is 8.05 Å². The second-order valence-electron chi connectivity index (χ2n) is 1.06. The van der Waals surface area contributed by atoms with E-state index in [0.29, 0.717) is 6.61 Å². The van der Waals surface area contributed by atoms with Gasteiger partial charge in [-0.25, -0.2) is 4.89 Å². The molecule has 0 saturated carbocycles. The van der Waals surface area contributed by atoms with Crippen LogP contribution in [0.2, 0.25) is 0 Å². The molecule has 4 heteroatoms. The lowest BCUT2D eigenvalue weighted by Crippen LogP contribution is -1.93. The van der Waals surface area contributed by atoms with Gasteiger partial charge in [0.2, 0.25) is 0 Å². The van der Waals surface area contributed by atoms with Crippen molar-refractivity contribution in [3.8, 4) is 0 Å². The summed E-state index contributed by atoms with van der Waals surface area (Å²) in [6.45, 7) is 2.56. The van der Waals surface area contributed by atoms with E-state index in [0.717, 1.165) is 6.42 Å². The van der Waals surface area contributed by atoms with Crippen LogP contribution in [0.4, 0.5) is 0 Å². The lowest BCUT2D eigenvalue weighted by molar-refractivity contribution is -0.466. The lowest BCUT2D eigenvalue weighted by atomic mass is 10.5. The molecule has 0 aliphatic heterocycles. The van der Waals surface area contributed by atoms with E-state index in [1.165, 1.54) is 8.05 Å². The van der Waals surface area contributed by atoms with E-state index in [-0.39, 0.29) is 0 Å². The molecule has 0 fully saturated rings. The van der Waals surface area contributed by atoms with Crippen molar-refractivity contribution < 1.29 is 14.7 Å². The molecular weight excluding hydrogens is 94.8 g/mol. The highest BCUT2D eigenvalue weighted by molar-refractivity contribution is 5.97. The van der Waals surface area contributed by atoms with Gasteiger partial charge in [0.25, 0.3) is 0 Å². The van der Waals surface area contributed by atoms with Gasteiger partial charge in [0, 0.05) is 0 Å². The maximum Gasteiger partial charge on any atom is 0.310 e. The zero-order valence-corrected chi connectivity index (χ0v) is 4.64. The fourth-order valence-corrected chi connectivity index (χ4v) is 0.165. The summed E-state index contributed by atoms with van der Waals surface area (Å²) < 4.78 is 0. The molecule has 0 aromatic rings. The Labute approximate surface area is 43.9 Å².